The third kappa shape index (κ3) is 2.54. The Morgan fingerprint density at radius 1 is 0.765 bits per heavy atom. The van der Waals surface area contributed by atoms with E-state index < -0.39 is 5.41 Å². The van der Waals surface area contributed by atoms with Crippen molar-refractivity contribution in [2.75, 3.05) is 25.6 Å². The summed E-state index contributed by atoms with van der Waals surface area (Å²) in [6.07, 6.45) is 0. The Morgan fingerprint density at radius 2 is 1.29 bits per heavy atom. The first-order valence-corrected chi connectivity index (χ1v) is 11.9. The van der Waals surface area contributed by atoms with Crippen LogP contribution in [0.4, 0.5) is 5.69 Å². The molecule has 5 aromatic rings. The molecule has 0 aliphatic carbocycles. The van der Waals surface area contributed by atoms with Gasteiger partial charge in [-0.1, -0.05) is 36.4 Å². The van der Waals surface area contributed by atoms with E-state index in [2.05, 4.69) is 123 Å². The van der Waals surface area contributed by atoms with Crippen LogP contribution in [0, 0.1) is 13.8 Å². The largest absolute Gasteiger partial charge is 0.492 e. The lowest BCUT2D eigenvalue weighted by molar-refractivity contribution is 0.313. The summed E-state index contributed by atoms with van der Waals surface area (Å²) in [5.74, 6) is 0.977. The molecule has 1 aliphatic heterocycles. The van der Waals surface area contributed by atoms with E-state index in [1.165, 1.54) is 55.6 Å². The second-order valence-electron chi connectivity index (χ2n) is 9.84. The van der Waals surface area contributed by atoms with Crippen molar-refractivity contribution in [3.05, 3.63) is 94.8 Å². The zero-order chi connectivity index (χ0) is 23.8. The van der Waals surface area contributed by atoms with Crippen molar-refractivity contribution < 1.29 is 4.74 Å². The normalized spacial score (nSPS) is 14.5. The molecule has 0 bridgehead atoms. The summed E-state index contributed by atoms with van der Waals surface area (Å²) in [6.45, 7) is 5.10. The zero-order valence-electron chi connectivity index (χ0n) is 20.8. The van der Waals surface area contributed by atoms with Gasteiger partial charge in [0.15, 0.2) is 0 Å². The van der Waals surface area contributed by atoms with Crippen molar-refractivity contribution in [1.29, 1.82) is 0 Å². The van der Waals surface area contributed by atoms with Crippen LogP contribution in [-0.4, -0.2) is 29.8 Å². The van der Waals surface area contributed by atoms with Gasteiger partial charge in [0, 0.05) is 72.6 Å². The van der Waals surface area contributed by atoms with Crippen LogP contribution in [0.15, 0.2) is 66.7 Å². The van der Waals surface area contributed by atoms with Gasteiger partial charge in [0.2, 0.25) is 0 Å². The second kappa shape index (κ2) is 7.17. The van der Waals surface area contributed by atoms with Gasteiger partial charge in [0.25, 0.3) is 0 Å². The van der Waals surface area contributed by atoms with Gasteiger partial charge in [-0.05, 0) is 55.3 Å². The van der Waals surface area contributed by atoms with E-state index in [-0.39, 0.29) is 0 Å². The summed E-state index contributed by atoms with van der Waals surface area (Å²) in [5.41, 5.74) is 9.77. The molecule has 4 heteroatoms. The van der Waals surface area contributed by atoms with Crippen LogP contribution in [0.3, 0.4) is 0 Å². The van der Waals surface area contributed by atoms with Gasteiger partial charge in [-0.2, -0.15) is 0 Å². The van der Waals surface area contributed by atoms with Crippen LogP contribution in [0.2, 0.25) is 0 Å². The summed E-state index contributed by atoms with van der Waals surface area (Å²) in [7, 11) is 8.56. The summed E-state index contributed by atoms with van der Waals surface area (Å²) < 4.78 is 11.2. The van der Waals surface area contributed by atoms with Crippen LogP contribution < -0.4 is 9.64 Å². The number of nitrogens with zero attached hydrogens (tertiary/aromatic N) is 3. The Hall–Kier alpha value is -3.66. The Kier molecular flexibility index (Phi) is 4.41. The number of para-hydroxylation sites is 2. The summed E-state index contributed by atoms with van der Waals surface area (Å²) in [6, 6.07) is 24.2. The van der Waals surface area contributed by atoms with Crippen LogP contribution in [0.25, 0.3) is 21.8 Å². The number of hydrogen-bond donors (Lipinski definition) is 0. The van der Waals surface area contributed by atoms with Gasteiger partial charge in [0.1, 0.15) is 12.4 Å². The van der Waals surface area contributed by atoms with Gasteiger partial charge in [-0.3, -0.25) is 0 Å². The van der Waals surface area contributed by atoms with E-state index in [1.807, 2.05) is 0 Å². The molecule has 0 radical (unpaired) electrons. The van der Waals surface area contributed by atoms with E-state index in [9.17, 15) is 0 Å². The van der Waals surface area contributed by atoms with E-state index >= 15 is 0 Å². The van der Waals surface area contributed by atoms with Gasteiger partial charge >= 0.3 is 0 Å². The van der Waals surface area contributed by atoms with Gasteiger partial charge < -0.3 is 18.8 Å². The fraction of sp³-hybridized carbons (Fsp3) is 0.267. The number of anilines is 1. The molecule has 0 N–H and O–H groups in total. The fourth-order valence-corrected chi connectivity index (χ4v) is 6.18. The standard InChI is InChI=1S/C30H31N3O/c1-19-28(22-11-7-9-13-25(22)32(19)5)30(18-34-27-16-15-21(31(3)4)17-24(27)30)29-20(2)33(6)26-14-10-8-12-23(26)29/h7-17H,18H2,1-6H3. The van der Waals surface area contributed by atoms with E-state index in [0.717, 1.165) is 5.75 Å². The van der Waals surface area contributed by atoms with Crippen molar-refractivity contribution in [2.24, 2.45) is 14.1 Å². The molecule has 4 nitrogen and oxygen atoms in total. The number of aryl methyl sites for hydroxylation is 2. The molecule has 0 saturated heterocycles. The quantitative estimate of drug-likeness (QED) is 0.333. The summed E-state index contributed by atoms with van der Waals surface area (Å²) >= 11 is 0. The highest BCUT2D eigenvalue weighted by Crippen LogP contribution is 2.54. The third-order valence-electron chi connectivity index (χ3n) is 8.04. The Bertz CT molecular complexity index is 1500. The predicted octanol–water partition coefficient (Wildman–Crippen LogP) is 6.08. The first-order valence-electron chi connectivity index (χ1n) is 11.9. The number of aromatic nitrogens is 2. The average molecular weight is 450 g/mol. The molecule has 0 unspecified atom stereocenters. The fourth-order valence-electron chi connectivity index (χ4n) is 6.18. The van der Waals surface area contributed by atoms with Gasteiger partial charge in [0.05, 0.1) is 5.41 Å². The van der Waals surface area contributed by atoms with Crippen molar-refractivity contribution >= 4 is 27.5 Å². The molecular formula is C30H31N3O. The van der Waals surface area contributed by atoms with Crippen LogP contribution in [0.5, 0.6) is 5.75 Å². The lowest BCUT2D eigenvalue weighted by Crippen LogP contribution is -2.33. The number of hydrogen-bond acceptors (Lipinski definition) is 2. The van der Waals surface area contributed by atoms with Crippen LogP contribution >= 0.6 is 0 Å². The first-order chi connectivity index (χ1) is 16.4. The van der Waals surface area contributed by atoms with Gasteiger partial charge in [-0.15, -0.1) is 0 Å². The highest BCUT2D eigenvalue weighted by molar-refractivity contribution is 5.94. The van der Waals surface area contributed by atoms with Gasteiger partial charge in [-0.25, -0.2) is 0 Å². The molecule has 1 aliphatic rings. The molecular weight excluding hydrogens is 418 g/mol. The van der Waals surface area contributed by atoms with E-state index in [1.54, 1.807) is 0 Å². The second-order valence-corrected chi connectivity index (χ2v) is 9.84. The molecule has 3 heterocycles. The molecule has 0 fully saturated rings. The predicted molar refractivity (Wildman–Crippen MR) is 141 cm³/mol. The maximum absolute atomic E-state index is 6.55. The Balaban J connectivity index is 1.83. The maximum Gasteiger partial charge on any atom is 0.124 e. The highest BCUT2D eigenvalue weighted by atomic mass is 16.5. The molecule has 172 valence electrons. The number of ether oxygens (including phenoxy) is 1. The topological polar surface area (TPSA) is 22.3 Å². The summed E-state index contributed by atoms with van der Waals surface area (Å²) in [4.78, 5) is 2.18. The lowest BCUT2D eigenvalue weighted by Gasteiger charge is -2.31. The molecule has 0 spiro atoms. The molecule has 3 aromatic carbocycles. The SMILES string of the molecule is Cc1c(C2(c3c(C)n(C)c4ccccc34)COc3ccc(N(C)C)cc32)c2ccccc2n1C. The highest BCUT2D eigenvalue weighted by Gasteiger charge is 2.49. The van der Waals surface area contributed by atoms with Crippen molar-refractivity contribution in [1.82, 2.24) is 9.13 Å². The van der Waals surface area contributed by atoms with Crippen molar-refractivity contribution in [2.45, 2.75) is 19.3 Å². The minimum Gasteiger partial charge on any atom is -0.492 e. The Labute approximate surface area is 201 Å². The average Bonchev–Trinajstić information content (AvgIpc) is 3.43. The number of benzene rings is 3. The lowest BCUT2D eigenvalue weighted by atomic mass is 9.68. The number of rotatable bonds is 3. The van der Waals surface area contributed by atoms with Crippen molar-refractivity contribution in [3.8, 4) is 5.75 Å². The molecule has 0 amide bonds. The molecule has 34 heavy (non-hydrogen) atoms. The van der Waals surface area contributed by atoms with Crippen molar-refractivity contribution in [3.63, 3.8) is 0 Å². The molecule has 2 aromatic heterocycles. The molecule has 6 rings (SSSR count). The third-order valence-corrected chi connectivity index (χ3v) is 8.04. The smallest absolute Gasteiger partial charge is 0.124 e. The van der Waals surface area contributed by atoms with E-state index in [0.29, 0.717) is 6.61 Å². The Morgan fingerprint density at radius 3 is 1.82 bits per heavy atom. The minimum absolute atomic E-state index is 0.419. The first kappa shape index (κ1) is 20.9. The zero-order valence-corrected chi connectivity index (χ0v) is 20.8. The van der Waals surface area contributed by atoms with E-state index in [4.69, 9.17) is 4.74 Å². The molecule has 0 saturated carbocycles. The van der Waals surface area contributed by atoms with Crippen LogP contribution in [0.1, 0.15) is 28.1 Å². The van der Waals surface area contributed by atoms with Crippen LogP contribution in [-0.2, 0) is 19.5 Å². The molecule has 0 atom stereocenters. The monoisotopic (exact) mass is 449 g/mol. The summed E-state index contributed by atoms with van der Waals surface area (Å²) in [5, 5.41) is 2.59. The number of fused-ring (bicyclic) bond motifs is 3. The maximum atomic E-state index is 6.55. The minimum atomic E-state index is -0.419.